The molecule has 0 aliphatic rings. The number of nitrogens with one attached hydrogen (secondary N) is 1. The van der Waals surface area contributed by atoms with E-state index in [2.05, 4.69) is 10.3 Å². The van der Waals surface area contributed by atoms with Crippen LogP contribution in [0.25, 0.3) is 10.8 Å². The lowest BCUT2D eigenvalue weighted by Crippen LogP contribution is -2.22. The number of aromatic nitrogens is 1. The van der Waals surface area contributed by atoms with Gasteiger partial charge in [0.2, 0.25) is 0 Å². The van der Waals surface area contributed by atoms with Gasteiger partial charge in [-0.05, 0) is 30.5 Å². The van der Waals surface area contributed by atoms with Crippen molar-refractivity contribution in [1.82, 2.24) is 10.3 Å². The van der Waals surface area contributed by atoms with Crippen molar-refractivity contribution in [3.8, 4) is 10.8 Å². The van der Waals surface area contributed by atoms with E-state index in [0.29, 0.717) is 12.1 Å². The Morgan fingerprint density at radius 3 is 3.05 bits per heavy atom. The van der Waals surface area contributed by atoms with Gasteiger partial charge in [-0.2, -0.15) is 11.3 Å². The molecule has 3 heterocycles. The van der Waals surface area contributed by atoms with E-state index in [4.69, 9.17) is 4.42 Å². The van der Waals surface area contributed by atoms with Gasteiger partial charge in [0.1, 0.15) is 0 Å². The maximum Gasteiger partial charge on any atom is 0.252 e. The molecule has 102 valence electrons. The fraction of sp³-hybridized carbons (Fsp3) is 0.143. The summed E-state index contributed by atoms with van der Waals surface area (Å²) in [5, 5.41) is 7.48. The number of amides is 1. The Morgan fingerprint density at radius 2 is 2.35 bits per heavy atom. The third-order valence-electron chi connectivity index (χ3n) is 2.82. The quantitative estimate of drug-likeness (QED) is 0.799. The molecular formula is C14H12N2O2S2. The molecule has 0 aliphatic heterocycles. The van der Waals surface area contributed by atoms with Crippen LogP contribution in [0.2, 0.25) is 0 Å². The molecule has 6 heteroatoms. The molecule has 0 spiro atoms. The van der Waals surface area contributed by atoms with E-state index in [9.17, 15) is 4.79 Å². The zero-order valence-electron chi connectivity index (χ0n) is 10.8. The fourth-order valence-electron chi connectivity index (χ4n) is 1.75. The van der Waals surface area contributed by atoms with Gasteiger partial charge < -0.3 is 9.73 Å². The third kappa shape index (κ3) is 2.66. The first kappa shape index (κ1) is 13.1. The number of carbonyl (C=O) groups is 1. The van der Waals surface area contributed by atoms with Gasteiger partial charge in [-0.25, -0.2) is 4.98 Å². The minimum atomic E-state index is -0.0569. The number of hydrogen-bond acceptors (Lipinski definition) is 5. The van der Waals surface area contributed by atoms with Crippen LogP contribution in [0, 0.1) is 6.92 Å². The molecule has 0 saturated heterocycles. The van der Waals surface area contributed by atoms with Crippen molar-refractivity contribution in [2.24, 2.45) is 0 Å². The highest BCUT2D eigenvalue weighted by molar-refractivity contribution is 7.15. The van der Waals surface area contributed by atoms with E-state index >= 15 is 0 Å². The monoisotopic (exact) mass is 304 g/mol. The van der Waals surface area contributed by atoms with Crippen molar-refractivity contribution in [2.75, 3.05) is 0 Å². The summed E-state index contributed by atoms with van der Waals surface area (Å²) in [6.45, 7) is 2.42. The van der Waals surface area contributed by atoms with E-state index in [-0.39, 0.29) is 5.91 Å². The largest absolute Gasteiger partial charge is 0.462 e. The van der Waals surface area contributed by atoms with Crippen LogP contribution in [-0.4, -0.2) is 10.9 Å². The Hall–Kier alpha value is -1.92. The number of thiophene rings is 1. The Morgan fingerprint density at radius 1 is 1.45 bits per heavy atom. The number of rotatable bonds is 4. The lowest BCUT2D eigenvalue weighted by Gasteiger charge is -2.01. The molecule has 0 fully saturated rings. The summed E-state index contributed by atoms with van der Waals surface area (Å²) in [7, 11) is 0. The van der Waals surface area contributed by atoms with Gasteiger partial charge in [-0.15, -0.1) is 11.3 Å². The van der Waals surface area contributed by atoms with Gasteiger partial charge in [0.05, 0.1) is 18.5 Å². The normalized spacial score (nSPS) is 10.7. The van der Waals surface area contributed by atoms with Crippen LogP contribution < -0.4 is 5.32 Å². The minimum Gasteiger partial charge on any atom is -0.462 e. The predicted octanol–water partition coefficient (Wildman–Crippen LogP) is 3.70. The number of furan rings is 1. The van der Waals surface area contributed by atoms with Crippen LogP contribution in [0.4, 0.5) is 0 Å². The SMILES string of the molecule is Cc1nc(-c2ccco2)sc1CNC(=O)c1ccsc1. The van der Waals surface area contributed by atoms with Gasteiger partial charge in [0.15, 0.2) is 10.8 Å². The molecule has 0 saturated carbocycles. The number of hydrogen-bond donors (Lipinski definition) is 1. The fourth-order valence-corrected chi connectivity index (χ4v) is 3.36. The van der Waals surface area contributed by atoms with E-state index in [1.807, 2.05) is 35.9 Å². The van der Waals surface area contributed by atoms with Crippen molar-refractivity contribution in [3.63, 3.8) is 0 Å². The van der Waals surface area contributed by atoms with E-state index in [1.54, 1.807) is 6.26 Å². The minimum absolute atomic E-state index is 0.0569. The van der Waals surface area contributed by atoms with Crippen LogP contribution in [0.5, 0.6) is 0 Å². The van der Waals surface area contributed by atoms with E-state index in [0.717, 1.165) is 21.3 Å². The zero-order chi connectivity index (χ0) is 13.9. The highest BCUT2D eigenvalue weighted by Gasteiger charge is 2.12. The van der Waals surface area contributed by atoms with Crippen molar-refractivity contribution < 1.29 is 9.21 Å². The second-order valence-electron chi connectivity index (χ2n) is 4.20. The summed E-state index contributed by atoms with van der Waals surface area (Å²) in [5.41, 5.74) is 1.62. The summed E-state index contributed by atoms with van der Waals surface area (Å²) in [5.74, 6) is 0.701. The van der Waals surface area contributed by atoms with Crippen molar-refractivity contribution >= 4 is 28.6 Å². The maximum atomic E-state index is 11.9. The predicted molar refractivity (Wildman–Crippen MR) is 80.0 cm³/mol. The average Bonchev–Trinajstić information content (AvgIpc) is 3.18. The number of aryl methyl sites for hydroxylation is 1. The Balaban J connectivity index is 1.71. The first-order valence-corrected chi connectivity index (χ1v) is 7.80. The van der Waals surface area contributed by atoms with Gasteiger partial charge in [0, 0.05) is 15.8 Å². The molecule has 4 nitrogen and oxygen atoms in total. The van der Waals surface area contributed by atoms with Crippen LogP contribution in [0.3, 0.4) is 0 Å². The second-order valence-corrected chi connectivity index (χ2v) is 6.06. The molecule has 0 aromatic carbocycles. The maximum absolute atomic E-state index is 11.9. The number of carbonyl (C=O) groups excluding carboxylic acids is 1. The number of nitrogens with zero attached hydrogens (tertiary/aromatic N) is 1. The molecular weight excluding hydrogens is 292 g/mol. The molecule has 3 rings (SSSR count). The highest BCUT2D eigenvalue weighted by Crippen LogP contribution is 2.28. The standard InChI is InChI=1S/C14H12N2O2S2/c1-9-12(7-15-13(17)10-4-6-19-8-10)20-14(16-9)11-3-2-5-18-11/h2-6,8H,7H2,1H3,(H,15,17). The summed E-state index contributed by atoms with van der Waals surface area (Å²) in [6.07, 6.45) is 1.63. The summed E-state index contributed by atoms with van der Waals surface area (Å²) in [6, 6.07) is 5.53. The first-order valence-electron chi connectivity index (χ1n) is 6.04. The Labute approximate surface area is 124 Å². The summed E-state index contributed by atoms with van der Waals surface area (Å²) >= 11 is 3.05. The molecule has 0 radical (unpaired) electrons. The van der Waals surface area contributed by atoms with Crippen molar-refractivity contribution in [3.05, 3.63) is 51.4 Å². The van der Waals surface area contributed by atoms with Gasteiger partial charge in [-0.3, -0.25) is 4.79 Å². The summed E-state index contributed by atoms with van der Waals surface area (Å²) < 4.78 is 5.33. The second kappa shape index (κ2) is 5.60. The lowest BCUT2D eigenvalue weighted by molar-refractivity contribution is 0.0951. The Bertz CT molecular complexity index is 700. The van der Waals surface area contributed by atoms with Gasteiger partial charge >= 0.3 is 0 Å². The van der Waals surface area contributed by atoms with Crippen LogP contribution in [0.15, 0.2) is 39.6 Å². The summed E-state index contributed by atoms with van der Waals surface area (Å²) in [4.78, 5) is 17.4. The van der Waals surface area contributed by atoms with Crippen molar-refractivity contribution in [1.29, 1.82) is 0 Å². The van der Waals surface area contributed by atoms with Gasteiger partial charge in [-0.1, -0.05) is 0 Å². The average molecular weight is 304 g/mol. The molecule has 0 aliphatic carbocycles. The first-order chi connectivity index (χ1) is 9.74. The topological polar surface area (TPSA) is 55.1 Å². The molecule has 0 bridgehead atoms. The van der Waals surface area contributed by atoms with Crippen LogP contribution in [-0.2, 0) is 6.54 Å². The highest BCUT2D eigenvalue weighted by atomic mass is 32.1. The van der Waals surface area contributed by atoms with Crippen LogP contribution >= 0.6 is 22.7 Å². The molecule has 20 heavy (non-hydrogen) atoms. The number of thiazole rings is 1. The third-order valence-corrected chi connectivity index (χ3v) is 4.67. The molecule has 3 aromatic heterocycles. The van der Waals surface area contributed by atoms with E-state index in [1.165, 1.54) is 22.7 Å². The van der Waals surface area contributed by atoms with E-state index < -0.39 is 0 Å². The molecule has 3 aromatic rings. The molecule has 0 atom stereocenters. The van der Waals surface area contributed by atoms with Gasteiger partial charge in [0.25, 0.3) is 5.91 Å². The lowest BCUT2D eigenvalue weighted by atomic mass is 10.3. The molecule has 1 N–H and O–H groups in total. The molecule has 0 unspecified atom stereocenters. The van der Waals surface area contributed by atoms with Crippen LogP contribution in [0.1, 0.15) is 20.9 Å². The molecule has 1 amide bonds. The Kier molecular flexibility index (Phi) is 3.66. The zero-order valence-corrected chi connectivity index (χ0v) is 12.4. The van der Waals surface area contributed by atoms with Crippen molar-refractivity contribution in [2.45, 2.75) is 13.5 Å². The smallest absolute Gasteiger partial charge is 0.252 e.